The van der Waals surface area contributed by atoms with Gasteiger partial charge >= 0.3 is 12.6 Å². The summed E-state index contributed by atoms with van der Waals surface area (Å²) in [5.74, 6) is -1.35. The average molecular weight is 378 g/mol. The van der Waals surface area contributed by atoms with E-state index in [2.05, 4.69) is 4.74 Å². The van der Waals surface area contributed by atoms with Crippen LogP contribution in [-0.2, 0) is 4.74 Å². The molecule has 0 spiro atoms. The Balaban J connectivity index is 2.16. The Morgan fingerprint density at radius 1 is 1.00 bits per heavy atom. The topological polar surface area (TPSA) is 61.8 Å². The van der Waals surface area contributed by atoms with Crippen LogP contribution in [0.4, 0.5) is 8.78 Å². The van der Waals surface area contributed by atoms with Crippen LogP contribution in [0.1, 0.15) is 38.8 Å². The molecule has 0 aliphatic heterocycles. The van der Waals surface area contributed by atoms with Crippen LogP contribution in [0.5, 0.6) is 11.5 Å². The highest BCUT2D eigenvalue weighted by atomic mass is 19.3. The molecular formula is C20H20F2O5. The number of ether oxygens (including phenoxy) is 3. The first-order valence-electron chi connectivity index (χ1n) is 8.18. The fourth-order valence-corrected chi connectivity index (χ4v) is 2.49. The van der Waals surface area contributed by atoms with Crippen molar-refractivity contribution in [2.75, 3.05) is 7.11 Å². The van der Waals surface area contributed by atoms with Crippen molar-refractivity contribution in [3.8, 4) is 11.5 Å². The van der Waals surface area contributed by atoms with Crippen LogP contribution in [0, 0.1) is 13.8 Å². The number of ketones is 1. The highest BCUT2D eigenvalue weighted by molar-refractivity contribution is 6.02. The molecular weight excluding hydrogens is 358 g/mol. The first kappa shape index (κ1) is 20.4. The van der Waals surface area contributed by atoms with Crippen molar-refractivity contribution in [3.63, 3.8) is 0 Å². The first-order chi connectivity index (χ1) is 12.7. The Morgan fingerprint density at radius 2 is 1.70 bits per heavy atom. The summed E-state index contributed by atoms with van der Waals surface area (Å²) in [5.41, 5.74) is 2.23. The number of aryl methyl sites for hydroxylation is 2. The normalized spacial score (nSPS) is 11.8. The molecule has 2 aromatic carbocycles. The summed E-state index contributed by atoms with van der Waals surface area (Å²) in [5, 5.41) is 0. The molecule has 0 fully saturated rings. The fraction of sp³-hybridized carbons (Fsp3) is 0.300. The second kappa shape index (κ2) is 8.62. The van der Waals surface area contributed by atoms with E-state index in [9.17, 15) is 18.4 Å². The molecule has 0 saturated heterocycles. The van der Waals surface area contributed by atoms with Gasteiger partial charge in [0.05, 0.1) is 12.7 Å². The molecule has 0 aromatic heterocycles. The summed E-state index contributed by atoms with van der Waals surface area (Å²) >= 11 is 0. The molecule has 0 amide bonds. The molecule has 0 radical (unpaired) electrons. The summed E-state index contributed by atoms with van der Waals surface area (Å²) in [6, 6.07) is 9.11. The molecule has 0 bridgehead atoms. The lowest BCUT2D eigenvalue weighted by Gasteiger charge is -2.15. The quantitative estimate of drug-likeness (QED) is 0.530. The third kappa shape index (κ3) is 5.03. The van der Waals surface area contributed by atoms with Gasteiger partial charge in [-0.25, -0.2) is 4.79 Å². The van der Waals surface area contributed by atoms with E-state index < -0.39 is 18.7 Å². The monoisotopic (exact) mass is 378 g/mol. The number of rotatable bonds is 7. The van der Waals surface area contributed by atoms with E-state index in [0.717, 1.165) is 11.1 Å². The zero-order chi connectivity index (χ0) is 20.1. The standard InChI is InChI=1S/C20H20F2O5/c1-11-5-6-12(2)15(9-11)18(23)13(3)26-19(24)14-7-8-16(27-20(21)22)17(10-14)25-4/h5-10,13,20H,1-4H3/t13-/m0/s1. The number of carbonyl (C=O) groups excluding carboxylic acids is 2. The van der Waals surface area contributed by atoms with Gasteiger partial charge in [-0.1, -0.05) is 17.7 Å². The molecule has 1 atom stereocenters. The zero-order valence-corrected chi connectivity index (χ0v) is 15.4. The van der Waals surface area contributed by atoms with Crippen LogP contribution in [-0.4, -0.2) is 31.6 Å². The van der Waals surface area contributed by atoms with E-state index in [0.29, 0.717) is 5.56 Å². The number of alkyl halides is 2. The molecule has 7 heteroatoms. The van der Waals surface area contributed by atoms with Gasteiger partial charge in [-0.3, -0.25) is 4.79 Å². The number of esters is 1. The van der Waals surface area contributed by atoms with Crippen molar-refractivity contribution in [3.05, 3.63) is 58.7 Å². The number of Topliss-reactive ketones (excluding diaryl/α,β-unsaturated/α-hetero) is 1. The molecule has 0 heterocycles. The van der Waals surface area contributed by atoms with Crippen LogP contribution >= 0.6 is 0 Å². The highest BCUT2D eigenvalue weighted by Crippen LogP contribution is 2.30. The number of hydrogen-bond acceptors (Lipinski definition) is 5. The van der Waals surface area contributed by atoms with Gasteiger partial charge in [0.25, 0.3) is 0 Å². The van der Waals surface area contributed by atoms with Gasteiger partial charge in [-0.15, -0.1) is 0 Å². The van der Waals surface area contributed by atoms with E-state index in [1.165, 1.54) is 32.2 Å². The lowest BCUT2D eigenvalue weighted by molar-refractivity contribution is -0.0512. The Labute approximate surface area is 155 Å². The van der Waals surface area contributed by atoms with Gasteiger partial charge < -0.3 is 14.2 Å². The van der Waals surface area contributed by atoms with Crippen LogP contribution in [0.3, 0.4) is 0 Å². The third-order valence-electron chi connectivity index (χ3n) is 3.93. The maximum atomic E-state index is 12.6. The van der Waals surface area contributed by atoms with Gasteiger partial charge in [-0.05, 0) is 50.6 Å². The molecule has 144 valence electrons. The average Bonchev–Trinajstić information content (AvgIpc) is 2.62. The molecule has 0 aliphatic rings. The molecule has 0 unspecified atom stereocenters. The lowest BCUT2D eigenvalue weighted by atomic mass is 9.99. The smallest absolute Gasteiger partial charge is 0.387 e. The number of halogens is 2. The molecule has 27 heavy (non-hydrogen) atoms. The minimum atomic E-state index is -3.02. The Kier molecular flexibility index (Phi) is 6.50. The first-order valence-corrected chi connectivity index (χ1v) is 8.18. The van der Waals surface area contributed by atoms with Crippen molar-refractivity contribution in [1.29, 1.82) is 0 Å². The van der Waals surface area contributed by atoms with E-state index in [1.54, 1.807) is 13.0 Å². The lowest BCUT2D eigenvalue weighted by Crippen LogP contribution is -2.25. The Bertz CT molecular complexity index is 848. The summed E-state index contributed by atoms with van der Waals surface area (Å²) < 4.78 is 39.2. The number of methoxy groups -OCH3 is 1. The van der Waals surface area contributed by atoms with Gasteiger partial charge in [-0.2, -0.15) is 8.78 Å². The molecule has 0 aliphatic carbocycles. The van der Waals surface area contributed by atoms with Crippen LogP contribution in [0.25, 0.3) is 0 Å². The van der Waals surface area contributed by atoms with Crippen molar-refractivity contribution >= 4 is 11.8 Å². The Hall–Kier alpha value is -2.96. The minimum absolute atomic E-state index is 0.0433. The maximum Gasteiger partial charge on any atom is 0.387 e. The second-order valence-corrected chi connectivity index (χ2v) is 5.97. The van der Waals surface area contributed by atoms with Crippen LogP contribution in [0.15, 0.2) is 36.4 Å². The summed E-state index contributed by atoms with van der Waals surface area (Å²) in [7, 11) is 1.26. The van der Waals surface area contributed by atoms with Crippen molar-refractivity contribution in [2.45, 2.75) is 33.5 Å². The highest BCUT2D eigenvalue weighted by Gasteiger charge is 2.23. The zero-order valence-electron chi connectivity index (χ0n) is 15.4. The van der Waals surface area contributed by atoms with Gasteiger partial charge in [0, 0.05) is 5.56 Å². The predicted molar refractivity (Wildman–Crippen MR) is 94.8 cm³/mol. The molecule has 0 N–H and O–H groups in total. The maximum absolute atomic E-state index is 12.6. The number of benzene rings is 2. The molecule has 0 saturated carbocycles. The molecule has 5 nitrogen and oxygen atoms in total. The van der Waals surface area contributed by atoms with Crippen LogP contribution in [0.2, 0.25) is 0 Å². The largest absolute Gasteiger partial charge is 0.493 e. The van der Waals surface area contributed by atoms with Gasteiger partial charge in [0.1, 0.15) is 0 Å². The summed E-state index contributed by atoms with van der Waals surface area (Å²) in [6.07, 6.45) is -1.01. The third-order valence-corrected chi connectivity index (χ3v) is 3.93. The van der Waals surface area contributed by atoms with Crippen molar-refractivity contribution < 1.29 is 32.6 Å². The van der Waals surface area contributed by atoms with E-state index in [-0.39, 0.29) is 22.8 Å². The minimum Gasteiger partial charge on any atom is -0.493 e. The van der Waals surface area contributed by atoms with E-state index in [4.69, 9.17) is 9.47 Å². The van der Waals surface area contributed by atoms with Gasteiger partial charge in [0.15, 0.2) is 17.6 Å². The fourth-order valence-electron chi connectivity index (χ4n) is 2.49. The van der Waals surface area contributed by atoms with E-state index >= 15 is 0 Å². The van der Waals surface area contributed by atoms with E-state index in [1.807, 2.05) is 19.1 Å². The Morgan fingerprint density at radius 3 is 2.33 bits per heavy atom. The second-order valence-electron chi connectivity index (χ2n) is 5.97. The molecule has 2 rings (SSSR count). The van der Waals surface area contributed by atoms with Crippen LogP contribution < -0.4 is 9.47 Å². The molecule has 2 aromatic rings. The summed E-state index contributed by atoms with van der Waals surface area (Å²) in [6.45, 7) is 2.12. The van der Waals surface area contributed by atoms with Crippen molar-refractivity contribution in [1.82, 2.24) is 0 Å². The van der Waals surface area contributed by atoms with Crippen molar-refractivity contribution in [2.24, 2.45) is 0 Å². The SMILES string of the molecule is COc1cc(C(=O)O[C@@H](C)C(=O)c2cc(C)ccc2C)ccc1OC(F)F. The number of hydrogen-bond donors (Lipinski definition) is 0. The summed E-state index contributed by atoms with van der Waals surface area (Å²) in [4.78, 5) is 24.9. The number of carbonyl (C=O) groups is 2. The van der Waals surface area contributed by atoms with Gasteiger partial charge in [0.2, 0.25) is 5.78 Å². The predicted octanol–water partition coefficient (Wildman–Crippen LogP) is 4.34.